The lowest BCUT2D eigenvalue weighted by Crippen LogP contribution is -2.14. The molecule has 2 rings (SSSR count). The molecule has 0 radical (unpaired) electrons. The molecule has 6 nitrogen and oxygen atoms in total. The zero-order valence-electron chi connectivity index (χ0n) is 9.63. The van der Waals surface area contributed by atoms with Crippen LogP contribution < -0.4 is 22.5 Å². The first kappa shape index (κ1) is 12.6. The van der Waals surface area contributed by atoms with E-state index in [9.17, 15) is 0 Å². The maximum absolute atomic E-state index is 5.33. The Morgan fingerprint density at radius 3 is 2.17 bits per heavy atom. The summed E-state index contributed by atoms with van der Waals surface area (Å²) in [5, 5.41) is 0. The number of hydrazine groups is 2. The number of hydrogen-bond donors (Lipinski definition) is 4. The summed E-state index contributed by atoms with van der Waals surface area (Å²) in [6.07, 6.45) is 0. The number of aromatic nitrogens is 2. The van der Waals surface area contributed by atoms with E-state index in [0.29, 0.717) is 23.2 Å². The molecule has 0 amide bonds. The molecule has 0 bridgehead atoms. The van der Waals surface area contributed by atoms with E-state index in [1.807, 2.05) is 30.3 Å². The van der Waals surface area contributed by atoms with Crippen LogP contribution in [0.4, 0.5) is 11.6 Å². The fourth-order valence-electron chi connectivity index (χ4n) is 1.37. The zero-order valence-corrected chi connectivity index (χ0v) is 10.4. The van der Waals surface area contributed by atoms with Crippen molar-refractivity contribution in [3.05, 3.63) is 42.2 Å². The van der Waals surface area contributed by atoms with Crippen molar-refractivity contribution in [1.29, 1.82) is 0 Å². The van der Waals surface area contributed by atoms with Crippen LogP contribution in [0, 0.1) is 0 Å². The highest BCUT2D eigenvalue weighted by Crippen LogP contribution is 2.21. The average Bonchev–Trinajstić information content (AvgIpc) is 2.45. The second-order valence-electron chi connectivity index (χ2n) is 3.45. The summed E-state index contributed by atoms with van der Waals surface area (Å²) in [5.41, 5.74) is 4.97. The Balaban J connectivity index is 2.09. The first-order valence-corrected chi connectivity index (χ1v) is 6.29. The van der Waals surface area contributed by atoms with Gasteiger partial charge in [0, 0.05) is 11.0 Å². The van der Waals surface area contributed by atoms with E-state index in [4.69, 9.17) is 11.7 Å². The Hall–Kier alpha value is -1.83. The molecule has 0 atom stereocenters. The third-order valence-corrected chi connectivity index (χ3v) is 3.19. The summed E-state index contributed by atoms with van der Waals surface area (Å²) < 4.78 is 0. The number of thioether (sulfide) groups is 1. The molecule has 0 aliphatic heterocycles. The number of rotatable bonds is 5. The largest absolute Gasteiger partial charge is 0.308 e. The van der Waals surface area contributed by atoms with E-state index in [2.05, 4.69) is 20.8 Å². The van der Waals surface area contributed by atoms with Crippen LogP contribution in [0.3, 0.4) is 0 Å². The van der Waals surface area contributed by atoms with Gasteiger partial charge in [0.25, 0.3) is 0 Å². The first-order chi connectivity index (χ1) is 8.81. The van der Waals surface area contributed by atoms with Crippen molar-refractivity contribution in [3.8, 4) is 0 Å². The van der Waals surface area contributed by atoms with E-state index in [1.165, 1.54) is 0 Å². The van der Waals surface area contributed by atoms with Crippen molar-refractivity contribution in [2.45, 2.75) is 10.6 Å². The van der Waals surface area contributed by atoms with E-state index < -0.39 is 0 Å². The molecule has 0 aliphatic carbocycles. The second kappa shape index (κ2) is 6.20. The number of nitrogens with one attached hydrogen (secondary N) is 2. The lowest BCUT2D eigenvalue weighted by atomic mass is 10.4. The quantitative estimate of drug-likeness (QED) is 0.366. The Morgan fingerprint density at radius 1 is 1.00 bits per heavy atom. The molecule has 0 unspecified atom stereocenters. The third-order valence-electron chi connectivity index (χ3n) is 2.18. The molecule has 2 aromatic rings. The highest BCUT2D eigenvalue weighted by atomic mass is 32.2. The Labute approximate surface area is 109 Å². The number of nitrogens with zero attached hydrogens (tertiary/aromatic N) is 2. The Kier molecular flexibility index (Phi) is 4.35. The molecule has 0 saturated heterocycles. The van der Waals surface area contributed by atoms with Crippen LogP contribution in [0.25, 0.3) is 0 Å². The predicted octanol–water partition coefficient (Wildman–Crippen LogP) is 1.34. The molecular formula is C11H14N6S. The van der Waals surface area contributed by atoms with Gasteiger partial charge in [-0.05, 0) is 12.1 Å². The highest BCUT2D eigenvalue weighted by Gasteiger charge is 2.04. The lowest BCUT2D eigenvalue weighted by Gasteiger charge is -2.06. The lowest BCUT2D eigenvalue weighted by molar-refractivity contribution is 1.02. The minimum atomic E-state index is 0.529. The van der Waals surface area contributed by atoms with Crippen LogP contribution in [0.5, 0.6) is 0 Å². The molecule has 6 N–H and O–H groups in total. The van der Waals surface area contributed by atoms with Crippen LogP contribution in [0.15, 0.2) is 41.3 Å². The van der Waals surface area contributed by atoms with Gasteiger partial charge in [0.2, 0.25) is 0 Å². The van der Waals surface area contributed by atoms with Crippen molar-refractivity contribution < 1.29 is 0 Å². The van der Waals surface area contributed by atoms with Gasteiger partial charge in [0.1, 0.15) is 17.5 Å². The monoisotopic (exact) mass is 262 g/mol. The molecule has 7 heteroatoms. The molecule has 0 saturated carbocycles. The fraction of sp³-hybridized carbons (Fsp3) is 0.0909. The Morgan fingerprint density at radius 2 is 1.61 bits per heavy atom. The van der Waals surface area contributed by atoms with Gasteiger partial charge in [-0.2, -0.15) is 0 Å². The van der Waals surface area contributed by atoms with E-state index >= 15 is 0 Å². The van der Waals surface area contributed by atoms with Gasteiger partial charge in [0.05, 0.1) is 5.75 Å². The van der Waals surface area contributed by atoms with E-state index in [1.54, 1.807) is 17.8 Å². The summed E-state index contributed by atoms with van der Waals surface area (Å²) in [4.78, 5) is 9.66. The van der Waals surface area contributed by atoms with Gasteiger partial charge in [-0.1, -0.05) is 18.2 Å². The summed E-state index contributed by atoms with van der Waals surface area (Å²) in [5.74, 6) is 13.0. The molecule has 0 spiro atoms. The van der Waals surface area contributed by atoms with Crippen LogP contribution in [0.1, 0.15) is 5.82 Å². The number of nitrogens with two attached hydrogens (primary N) is 2. The van der Waals surface area contributed by atoms with Crippen LogP contribution in [0.2, 0.25) is 0 Å². The molecule has 1 aromatic carbocycles. The third kappa shape index (κ3) is 3.33. The molecule has 18 heavy (non-hydrogen) atoms. The molecule has 1 aromatic heterocycles. The molecule has 0 aliphatic rings. The molecule has 94 valence electrons. The summed E-state index contributed by atoms with van der Waals surface area (Å²) >= 11 is 1.65. The van der Waals surface area contributed by atoms with Crippen LogP contribution in [-0.4, -0.2) is 9.97 Å². The topological polar surface area (TPSA) is 102 Å². The molecular weight excluding hydrogens is 248 g/mol. The van der Waals surface area contributed by atoms with Crippen LogP contribution >= 0.6 is 11.8 Å². The van der Waals surface area contributed by atoms with Gasteiger partial charge in [-0.3, -0.25) is 0 Å². The van der Waals surface area contributed by atoms with Gasteiger partial charge < -0.3 is 10.9 Å². The maximum atomic E-state index is 5.33. The minimum Gasteiger partial charge on any atom is -0.308 e. The maximum Gasteiger partial charge on any atom is 0.145 e. The van der Waals surface area contributed by atoms with Crippen LogP contribution in [-0.2, 0) is 5.75 Å². The summed E-state index contributed by atoms with van der Waals surface area (Å²) in [6, 6.07) is 11.7. The van der Waals surface area contributed by atoms with Crippen molar-refractivity contribution >= 4 is 23.4 Å². The SMILES string of the molecule is NNc1cc(NN)nc(CSc2ccccc2)n1. The predicted molar refractivity (Wildman–Crippen MR) is 73.7 cm³/mol. The van der Waals surface area contributed by atoms with Gasteiger partial charge in [0.15, 0.2) is 0 Å². The van der Waals surface area contributed by atoms with Crippen molar-refractivity contribution in [2.24, 2.45) is 11.7 Å². The zero-order chi connectivity index (χ0) is 12.8. The first-order valence-electron chi connectivity index (χ1n) is 5.31. The van der Waals surface area contributed by atoms with Gasteiger partial charge in [-0.15, -0.1) is 11.8 Å². The minimum absolute atomic E-state index is 0.529. The van der Waals surface area contributed by atoms with E-state index in [-0.39, 0.29) is 0 Å². The number of hydrogen-bond acceptors (Lipinski definition) is 7. The Bertz CT molecular complexity index is 482. The number of nitrogen functional groups attached to an aromatic ring is 2. The summed E-state index contributed by atoms with van der Waals surface area (Å²) in [7, 11) is 0. The van der Waals surface area contributed by atoms with Crippen molar-refractivity contribution in [2.75, 3.05) is 10.9 Å². The van der Waals surface area contributed by atoms with Gasteiger partial charge in [-0.25, -0.2) is 21.7 Å². The highest BCUT2D eigenvalue weighted by molar-refractivity contribution is 7.98. The van der Waals surface area contributed by atoms with E-state index in [0.717, 1.165) is 4.90 Å². The number of anilines is 2. The second-order valence-corrected chi connectivity index (χ2v) is 4.49. The number of benzene rings is 1. The average molecular weight is 262 g/mol. The van der Waals surface area contributed by atoms with Crippen molar-refractivity contribution in [1.82, 2.24) is 9.97 Å². The smallest absolute Gasteiger partial charge is 0.145 e. The van der Waals surface area contributed by atoms with Crippen molar-refractivity contribution in [3.63, 3.8) is 0 Å². The normalized spacial score (nSPS) is 10.1. The van der Waals surface area contributed by atoms with Gasteiger partial charge >= 0.3 is 0 Å². The molecule has 0 fully saturated rings. The standard InChI is InChI=1S/C11H14N6S/c12-16-9-6-10(17-13)15-11(14-9)7-18-8-4-2-1-3-5-8/h1-6H,7,12-13H2,(H2,14,15,16,17). The summed E-state index contributed by atoms with van der Waals surface area (Å²) in [6.45, 7) is 0. The fourth-order valence-corrected chi connectivity index (χ4v) is 2.15. The molecule has 1 heterocycles.